The fourth-order valence-corrected chi connectivity index (χ4v) is 2.09. The number of imidazole rings is 1. The zero-order valence-corrected chi connectivity index (χ0v) is 13.6. The summed E-state index contributed by atoms with van der Waals surface area (Å²) in [6.07, 6.45) is 1.73. The minimum atomic E-state index is -0.373. The second-order valence-electron chi connectivity index (χ2n) is 6.57. The molecule has 0 saturated carbocycles. The molecule has 118 valence electrons. The van der Waals surface area contributed by atoms with Gasteiger partial charge < -0.3 is 10.6 Å². The lowest BCUT2D eigenvalue weighted by Gasteiger charge is -2.19. The number of nitrogens with zero attached hydrogens (tertiary/aromatic N) is 2. The van der Waals surface area contributed by atoms with E-state index in [9.17, 15) is 9.59 Å². The normalized spacial score (nSPS) is 11.7. The molecule has 2 heterocycles. The van der Waals surface area contributed by atoms with E-state index in [0.717, 1.165) is 0 Å². The van der Waals surface area contributed by atoms with Crippen LogP contribution in [0.2, 0.25) is 0 Å². The minimum Gasteiger partial charge on any atom is -0.347 e. The Kier molecular flexibility index (Phi) is 4.21. The van der Waals surface area contributed by atoms with Crippen LogP contribution in [0.15, 0.2) is 24.4 Å². The molecular weight excluding hydrogens is 280 g/mol. The van der Waals surface area contributed by atoms with Gasteiger partial charge in [0.1, 0.15) is 0 Å². The number of hydrogen-bond donors (Lipinski definition) is 2. The third-order valence-corrected chi connectivity index (χ3v) is 2.87. The first-order valence-electron chi connectivity index (χ1n) is 7.29. The predicted octanol–water partition coefficient (Wildman–Crippen LogP) is 2.00. The second kappa shape index (κ2) is 5.79. The average molecular weight is 302 g/mol. The highest BCUT2D eigenvalue weighted by atomic mass is 16.2. The minimum absolute atomic E-state index is 0.00425. The molecule has 22 heavy (non-hydrogen) atoms. The number of nitrogens with one attached hydrogen (secondary N) is 2. The molecule has 0 bridgehead atoms. The third kappa shape index (κ3) is 3.44. The van der Waals surface area contributed by atoms with E-state index in [-0.39, 0.29) is 34.9 Å². The first-order valence-corrected chi connectivity index (χ1v) is 7.29. The van der Waals surface area contributed by atoms with Crippen molar-refractivity contribution in [3.05, 3.63) is 35.9 Å². The highest BCUT2D eigenvalue weighted by Crippen LogP contribution is 2.14. The molecule has 6 heteroatoms. The van der Waals surface area contributed by atoms with E-state index in [1.165, 1.54) is 0 Å². The van der Waals surface area contributed by atoms with Gasteiger partial charge in [0.15, 0.2) is 5.69 Å². The molecule has 0 aliphatic heterocycles. The summed E-state index contributed by atoms with van der Waals surface area (Å²) < 4.78 is 1.63. The van der Waals surface area contributed by atoms with E-state index >= 15 is 0 Å². The van der Waals surface area contributed by atoms with Gasteiger partial charge in [0.25, 0.3) is 11.8 Å². The Labute approximate surface area is 129 Å². The van der Waals surface area contributed by atoms with Crippen molar-refractivity contribution in [1.29, 1.82) is 0 Å². The Morgan fingerprint density at radius 2 is 1.86 bits per heavy atom. The standard InChI is InChI=1S/C16H22N4O2/c1-10(2)17-15(22)13-18-12(14(21)19-16(3,4)5)11-8-6-7-9-20(11)13/h6-10H,1-5H3,(H,17,22)(H,19,21). The van der Waals surface area contributed by atoms with Crippen molar-refractivity contribution in [1.82, 2.24) is 20.0 Å². The van der Waals surface area contributed by atoms with Gasteiger partial charge in [0, 0.05) is 17.8 Å². The summed E-state index contributed by atoms with van der Waals surface area (Å²) in [7, 11) is 0. The number of carbonyl (C=O) groups is 2. The summed E-state index contributed by atoms with van der Waals surface area (Å²) in [5.74, 6) is -0.380. The number of rotatable bonds is 3. The maximum absolute atomic E-state index is 12.4. The van der Waals surface area contributed by atoms with Gasteiger partial charge >= 0.3 is 0 Å². The van der Waals surface area contributed by atoms with Crippen molar-refractivity contribution in [2.75, 3.05) is 0 Å². The van der Waals surface area contributed by atoms with Crippen LogP contribution in [0.4, 0.5) is 0 Å². The fourth-order valence-electron chi connectivity index (χ4n) is 2.09. The van der Waals surface area contributed by atoms with Crippen LogP contribution in [0, 0.1) is 0 Å². The summed E-state index contributed by atoms with van der Waals surface area (Å²) in [6, 6.07) is 5.38. The van der Waals surface area contributed by atoms with Crippen LogP contribution in [0.3, 0.4) is 0 Å². The van der Waals surface area contributed by atoms with E-state index in [1.54, 1.807) is 22.7 Å². The number of amides is 2. The zero-order valence-electron chi connectivity index (χ0n) is 13.6. The lowest BCUT2D eigenvalue weighted by atomic mass is 10.1. The zero-order chi connectivity index (χ0) is 16.5. The van der Waals surface area contributed by atoms with E-state index in [1.807, 2.05) is 40.7 Å². The molecule has 2 rings (SSSR count). The van der Waals surface area contributed by atoms with Crippen molar-refractivity contribution in [2.24, 2.45) is 0 Å². The largest absolute Gasteiger partial charge is 0.347 e. The smallest absolute Gasteiger partial charge is 0.287 e. The van der Waals surface area contributed by atoms with Crippen LogP contribution in [-0.4, -0.2) is 32.8 Å². The van der Waals surface area contributed by atoms with Crippen LogP contribution in [0.25, 0.3) is 5.52 Å². The van der Waals surface area contributed by atoms with Crippen LogP contribution in [-0.2, 0) is 0 Å². The number of pyridine rings is 1. The Bertz CT molecular complexity index is 710. The molecule has 0 aliphatic carbocycles. The third-order valence-electron chi connectivity index (χ3n) is 2.87. The first kappa shape index (κ1) is 16.0. The average Bonchev–Trinajstić information content (AvgIpc) is 2.75. The molecule has 2 aromatic heterocycles. The van der Waals surface area contributed by atoms with E-state index in [4.69, 9.17) is 0 Å². The summed E-state index contributed by atoms with van der Waals surface area (Å²) in [6.45, 7) is 9.45. The molecule has 0 radical (unpaired) electrons. The summed E-state index contributed by atoms with van der Waals surface area (Å²) >= 11 is 0. The van der Waals surface area contributed by atoms with Gasteiger partial charge in [-0.05, 0) is 46.8 Å². The lowest BCUT2D eigenvalue weighted by Crippen LogP contribution is -2.40. The number of carbonyl (C=O) groups excluding carboxylic acids is 2. The van der Waals surface area contributed by atoms with Crippen molar-refractivity contribution in [3.63, 3.8) is 0 Å². The second-order valence-corrected chi connectivity index (χ2v) is 6.57. The molecule has 0 unspecified atom stereocenters. The molecule has 0 fully saturated rings. The highest BCUT2D eigenvalue weighted by Gasteiger charge is 2.24. The Morgan fingerprint density at radius 1 is 1.18 bits per heavy atom. The number of hydrogen-bond acceptors (Lipinski definition) is 3. The number of fused-ring (bicyclic) bond motifs is 1. The molecule has 0 atom stereocenters. The molecule has 2 amide bonds. The van der Waals surface area contributed by atoms with E-state index in [0.29, 0.717) is 5.52 Å². The molecule has 0 spiro atoms. The van der Waals surface area contributed by atoms with Crippen LogP contribution < -0.4 is 10.6 Å². The lowest BCUT2D eigenvalue weighted by molar-refractivity contribution is 0.0916. The van der Waals surface area contributed by atoms with E-state index < -0.39 is 0 Å². The fraction of sp³-hybridized carbons (Fsp3) is 0.438. The molecule has 0 aliphatic rings. The molecule has 2 aromatic rings. The van der Waals surface area contributed by atoms with Crippen molar-refractivity contribution in [3.8, 4) is 0 Å². The molecule has 0 saturated heterocycles. The van der Waals surface area contributed by atoms with Gasteiger partial charge in [-0.1, -0.05) is 6.07 Å². The van der Waals surface area contributed by atoms with Gasteiger partial charge in [-0.15, -0.1) is 0 Å². The molecule has 2 N–H and O–H groups in total. The maximum atomic E-state index is 12.4. The molecule has 6 nitrogen and oxygen atoms in total. The predicted molar refractivity (Wildman–Crippen MR) is 85.0 cm³/mol. The summed E-state index contributed by atoms with van der Waals surface area (Å²) in [5.41, 5.74) is 0.491. The maximum Gasteiger partial charge on any atom is 0.287 e. The Balaban J connectivity index is 2.48. The van der Waals surface area contributed by atoms with Crippen molar-refractivity contribution < 1.29 is 9.59 Å². The Morgan fingerprint density at radius 3 is 2.45 bits per heavy atom. The summed E-state index contributed by atoms with van der Waals surface area (Å²) in [4.78, 5) is 28.9. The highest BCUT2D eigenvalue weighted by molar-refractivity contribution is 6.02. The first-order chi connectivity index (χ1) is 10.2. The quantitative estimate of drug-likeness (QED) is 0.910. The molecular formula is C16H22N4O2. The summed E-state index contributed by atoms with van der Waals surface area (Å²) in [5, 5.41) is 5.67. The topological polar surface area (TPSA) is 75.5 Å². The number of aromatic nitrogens is 2. The van der Waals surface area contributed by atoms with Crippen molar-refractivity contribution in [2.45, 2.75) is 46.2 Å². The van der Waals surface area contributed by atoms with Gasteiger partial charge in [0.05, 0.1) is 5.52 Å². The van der Waals surface area contributed by atoms with Gasteiger partial charge in [0.2, 0.25) is 5.82 Å². The van der Waals surface area contributed by atoms with Crippen LogP contribution in [0.5, 0.6) is 0 Å². The SMILES string of the molecule is CC(C)NC(=O)c1nc(C(=O)NC(C)(C)C)c2ccccn12. The van der Waals surface area contributed by atoms with E-state index in [2.05, 4.69) is 15.6 Å². The van der Waals surface area contributed by atoms with Crippen LogP contribution in [0.1, 0.15) is 55.7 Å². The monoisotopic (exact) mass is 302 g/mol. The van der Waals surface area contributed by atoms with Gasteiger partial charge in [-0.2, -0.15) is 0 Å². The van der Waals surface area contributed by atoms with Gasteiger partial charge in [-0.25, -0.2) is 4.98 Å². The van der Waals surface area contributed by atoms with Gasteiger partial charge in [-0.3, -0.25) is 14.0 Å². The van der Waals surface area contributed by atoms with Crippen LogP contribution >= 0.6 is 0 Å². The molecule has 0 aromatic carbocycles. The Hall–Kier alpha value is -2.37. The van der Waals surface area contributed by atoms with Crippen molar-refractivity contribution >= 4 is 17.3 Å².